The summed E-state index contributed by atoms with van der Waals surface area (Å²) in [6.45, 7) is 2.57. The average molecular weight is 269 g/mol. The van der Waals surface area contributed by atoms with Gasteiger partial charge in [0.2, 0.25) is 0 Å². The number of nitrogens with two attached hydrogens (primary N) is 1. The minimum atomic E-state index is -0.00333. The number of ether oxygens (including phenoxy) is 2. The van der Waals surface area contributed by atoms with Gasteiger partial charge in [-0.15, -0.1) is 0 Å². The molecule has 18 heavy (non-hydrogen) atoms. The molecule has 2 unspecified atom stereocenters. The second-order valence-corrected chi connectivity index (χ2v) is 4.92. The van der Waals surface area contributed by atoms with Crippen molar-refractivity contribution in [2.24, 2.45) is 5.73 Å². The van der Waals surface area contributed by atoms with Crippen molar-refractivity contribution in [1.82, 2.24) is 0 Å². The van der Waals surface area contributed by atoms with Crippen molar-refractivity contribution in [2.75, 3.05) is 6.61 Å². The predicted molar refractivity (Wildman–Crippen MR) is 71.5 cm³/mol. The summed E-state index contributed by atoms with van der Waals surface area (Å²) < 4.78 is 11.3. The fourth-order valence-electron chi connectivity index (χ4n) is 1.98. The summed E-state index contributed by atoms with van der Waals surface area (Å²) in [5, 5.41) is 7.79. The molecule has 98 valence electrons. The molecule has 0 aliphatic carbocycles. The van der Waals surface area contributed by atoms with Crippen LogP contribution < -0.4 is 10.5 Å². The highest BCUT2D eigenvalue weighted by Crippen LogP contribution is 2.27. The molecule has 1 aromatic carbocycles. The van der Waals surface area contributed by atoms with Crippen LogP contribution >= 0.6 is 11.6 Å². The number of amidine groups is 1. The second-order valence-electron chi connectivity index (χ2n) is 4.52. The van der Waals surface area contributed by atoms with E-state index < -0.39 is 0 Å². The number of benzene rings is 1. The van der Waals surface area contributed by atoms with Gasteiger partial charge >= 0.3 is 0 Å². The molecule has 5 heteroatoms. The van der Waals surface area contributed by atoms with Gasteiger partial charge < -0.3 is 15.2 Å². The van der Waals surface area contributed by atoms with Crippen molar-refractivity contribution >= 4 is 17.4 Å². The summed E-state index contributed by atoms with van der Waals surface area (Å²) in [4.78, 5) is 0. The van der Waals surface area contributed by atoms with Gasteiger partial charge in [-0.3, -0.25) is 5.41 Å². The highest BCUT2D eigenvalue weighted by atomic mass is 35.5. The first-order valence-electron chi connectivity index (χ1n) is 5.98. The Kier molecular flexibility index (Phi) is 4.09. The molecule has 0 aromatic heterocycles. The van der Waals surface area contributed by atoms with Crippen LogP contribution in [0.4, 0.5) is 0 Å². The van der Waals surface area contributed by atoms with Crippen LogP contribution in [0.1, 0.15) is 25.3 Å². The first-order valence-corrected chi connectivity index (χ1v) is 6.36. The zero-order valence-electron chi connectivity index (χ0n) is 10.3. The molecule has 4 nitrogen and oxygen atoms in total. The molecule has 0 saturated carbocycles. The van der Waals surface area contributed by atoms with Crippen molar-refractivity contribution < 1.29 is 9.47 Å². The van der Waals surface area contributed by atoms with E-state index >= 15 is 0 Å². The molecule has 1 aliphatic heterocycles. The number of hydrogen-bond acceptors (Lipinski definition) is 3. The van der Waals surface area contributed by atoms with Crippen molar-refractivity contribution in [1.29, 1.82) is 5.41 Å². The van der Waals surface area contributed by atoms with Crippen LogP contribution in [0.5, 0.6) is 5.75 Å². The number of nitrogen functional groups attached to an aromatic ring is 1. The molecule has 0 amide bonds. The largest absolute Gasteiger partial charge is 0.489 e. The van der Waals surface area contributed by atoms with Gasteiger partial charge in [0.05, 0.1) is 17.2 Å². The summed E-state index contributed by atoms with van der Waals surface area (Å²) in [7, 11) is 0. The molecule has 1 aliphatic rings. The molecule has 0 spiro atoms. The zero-order chi connectivity index (χ0) is 13.1. The molecule has 1 saturated heterocycles. The van der Waals surface area contributed by atoms with E-state index in [0.717, 1.165) is 12.8 Å². The van der Waals surface area contributed by atoms with Crippen LogP contribution in [0, 0.1) is 5.41 Å². The second kappa shape index (κ2) is 5.59. The SMILES string of the molecule is CC1CCC(COc2ccc(C(=N)N)cc2Cl)O1. The Hall–Kier alpha value is -1.26. The maximum Gasteiger partial charge on any atom is 0.138 e. The quantitative estimate of drug-likeness (QED) is 0.651. The Morgan fingerprint density at radius 2 is 2.33 bits per heavy atom. The molecule has 0 bridgehead atoms. The van der Waals surface area contributed by atoms with Crippen molar-refractivity contribution in [2.45, 2.75) is 32.0 Å². The minimum Gasteiger partial charge on any atom is -0.489 e. The third kappa shape index (κ3) is 3.15. The molecular formula is C13H17ClN2O2. The minimum absolute atomic E-state index is 0.00333. The van der Waals surface area contributed by atoms with Crippen LogP contribution in [0.3, 0.4) is 0 Å². The van der Waals surface area contributed by atoms with Crippen LogP contribution in [0.15, 0.2) is 18.2 Å². The Morgan fingerprint density at radius 3 is 2.89 bits per heavy atom. The molecule has 3 N–H and O–H groups in total. The Labute approximate surface area is 112 Å². The first kappa shape index (κ1) is 13.2. The standard InChI is InChI=1S/C13H17ClN2O2/c1-8-2-4-10(18-8)7-17-12-5-3-9(13(15)16)6-11(12)14/h3,5-6,8,10H,2,4,7H2,1H3,(H3,15,16). The Bertz CT molecular complexity index is 451. The van der Waals surface area contributed by atoms with Gasteiger partial charge in [0, 0.05) is 5.56 Å². The third-order valence-corrected chi connectivity index (χ3v) is 3.28. The molecule has 2 atom stereocenters. The van der Waals surface area contributed by atoms with Gasteiger partial charge in [0.25, 0.3) is 0 Å². The summed E-state index contributed by atoms with van der Waals surface area (Å²) in [5.41, 5.74) is 5.98. The van der Waals surface area contributed by atoms with Crippen LogP contribution in [0.2, 0.25) is 5.02 Å². The van der Waals surface area contributed by atoms with Crippen molar-refractivity contribution in [3.8, 4) is 5.75 Å². The highest BCUT2D eigenvalue weighted by molar-refractivity contribution is 6.32. The van der Waals surface area contributed by atoms with Gasteiger partial charge in [0.1, 0.15) is 18.2 Å². The van der Waals surface area contributed by atoms with Gasteiger partial charge in [-0.1, -0.05) is 11.6 Å². The topological polar surface area (TPSA) is 68.3 Å². The lowest BCUT2D eigenvalue weighted by molar-refractivity contribution is 0.0265. The lowest BCUT2D eigenvalue weighted by atomic mass is 10.2. The molecule has 1 aromatic rings. The van der Waals surface area contributed by atoms with Crippen molar-refractivity contribution in [3.05, 3.63) is 28.8 Å². The van der Waals surface area contributed by atoms with E-state index in [1.165, 1.54) is 0 Å². The maximum atomic E-state index is 7.32. The van der Waals surface area contributed by atoms with E-state index in [4.69, 9.17) is 32.2 Å². The van der Waals surface area contributed by atoms with E-state index in [2.05, 4.69) is 6.92 Å². The third-order valence-electron chi connectivity index (χ3n) is 2.99. The van der Waals surface area contributed by atoms with Crippen LogP contribution in [-0.2, 0) is 4.74 Å². The maximum absolute atomic E-state index is 7.32. The molecular weight excluding hydrogens is 252 g/mol. The fourth-order valence-corrected chi connectivity index (χ4v) is 2.21. The lowest BCUT2D eigenvalue weighted by Gasteiger charge is -2.14. The first-order chi connectivity index (χ1) is 8.56. The van der Waals surface area contributed by atoms with E-state index in [-0.39, 0.29) is 11.9 Å². The Morgan fingerprint density at radius 1 is 1.56 bits per heavy atom. The predicted octanol–water partition coefficient (Wildman–Crippen LogP) is 2.57. The van der Waals surface area contributed by atoms with Crippen molar-refractivity contribution in [3.63, 3.8) is 0 Å². The average Bonchev–Trinajstić information content (AvgIpc) is 2.73. The zero-order valence-corrected chi connectivity index (χ0v) is 11.0. The number of halogens is 1. The fraction of sp³-hybridized carbons (Fsp3) is 0.462. The number of hydrogen-bond donors (Lipinski definition) is 2. The van der Waals surface area contributed by atoms with Gasteiger partial charge in [-0.25, -0.2) is 0 Å². The Balaban J connectivity index is 1.95. The number of nitrogens with one attached hydrogen (secondary N) is 1. The van der Waals surface area contributed by atoms with E-state index in [1.807, 2.05) is 0 Å². The summed E-state index contributed by atoms with van der Waals surface area (Å²) >= 11 is 6.07. The summed E-state index contributed by atoms with van der Waals surface area (Å²) in [6.07, 6.45) is 2.55. The molecule has 1 fully saturated rings. The van der Waals surface area contributed by atoms with E-state index in [0.29, 0.717) is 29.0 Å². The number of rotatable bonds is 4. The van der Waals surface area contributed by atoms with Crippen LogP contribution in [0.25, 0.3) is 0 Å². The lowest BCUT2D eigenvalue weighted by Crippen LogP contribution is -2.18. The molecule has 1 heterocycles. The molecule has 0 radical (unpaired) electrons. The van der Waals surface area contributed by atoms with E-state index in [9.17, 15) is 0 Å². The summed E-state index contributed by atoms with van der Waals surface area (Å²) in [5.74, 6) is 0.598. The van der Waals surface area contributed by atoms with Gasteiger partial charge in [-0.05, 0) is 38.0 Å². The smallest absolute Gasteiger partial charge is 0.138 e. The van der Waals surface area contributed by atoms with E-state index in [1.54, 1.807) is 18.2 Å². The van der Waals surface area contributed by atoms with Gasteiger partial charge in [-0.2, -0.15) is 0 Å². The normalized spacial score (nSPS) is 23.0. The summed E-state index contributed by atoms with van der Waals surface area (Å²) in [6, 6.07) is 5.09. The monoisotopic (exact) mass is 268 g/mol. The van der Waals surface area contributed by atoms with Gasteiger partial charge in [0.15, 0.2) is 0 Å². The highest BCUT2D eigenvalue weighted by Gasteiger charge is 2.22. The molecule has 2 rings (SSSR count). The van der Waals surface area contributed by atoms with Crippen LogP contribution in [-0.4, -0.2) is 24.7 Å².